The summed E-state index contributed by atoms with van der Waals surface area (Å²) in [5.74, 6) is 0.294. The fraction of sp³-hybridized carbons (Fsp3) is 0.250. The van der Waals surface area contributed by atoms with Crippen molar-refractivity contribution in [3.05, 3.63) is 90.5 Å². The number of hydrogen-bond acceptors (Lipinski definition) is 8. The van der Waals surface area contributed by atoms with E-state index in [1.807, 2.05) is 25.1 Å². The molecule has 232 valence electrons. The second kappa shape index (κ2) is 12.4. The molecular weight excluding hydrogens is 582 g/mol. The van der Waals surface area contributed by atoms with Crippen LogP contribution in [0.25, 0.3) is 22.6 Å². The highest BCUT2D eigenvalue weighted by molar-refractivity contribution is 6.09. The van der Waals surface area contributed by atoms with Gasteiger partial charge in [0.15, 0.2) is 5.65 Å². The van der Waals surface area contributed by atoms with Crippen LogP contribution >= 0.6 is 0 Å². The number of halogens is 2. The van der Waals surface area contributed by atoms with Crippen molar-refractivity contribution in [3.8, 4) is 28.5 Å². The third kappa shape index (κ3) is 6.34. The molecule has 0 unspecified atom stereocenters. The SMILES string of the molecule is C=C(c1cc(Oc2ccc(OC(F)F)c(-c3nn(C)cc3NC(=O)c3cnn4cccnc34)c2)ccc1C)N1CCN(C)CC1. The average Bonchev–Trinajstić information content (AvgIpc) is 3.61. The lowest BCUT2D eigenvalue weighted by Crippen LogP contribution is -2.43. The lowest BCUT2D eigenvalue weighted by atomic mass is 10.0. The molecule has 2 aromatic carbocycles. The number of amides is 1. The first-order valence-electron chi connectivity index (χ1n) is 14.3. The molecule has 0 radical (unpaired) electrons. The lowest BCUT2D eigenvalue weighted by Gasteiger charge is -2.35. The number of nitrogens with zero attached hydrogens (tertiary/aromatic N) is 7. The fourth-order valence-corrected chi connectivity index (χ4v) is 5.27. The maximum Gasteiger partial charge on any atom is 0.387 e. The van der Waals surface area contributed by atoms with Crippen LogP contribution in [0.4, 0.5) is 14.5 Å². The van der Waals surface area contributed by atoms with Crippen molar-refractivity contribution < 1.29 is 23.0 Å². The number of benzene rings is 2. The Bertz CT molecular complexity index is 1880. The Hall–Kier alpha value is -5.30. The van der Waals surface area contributed by atoms with Gasteiger partial charge in [-0.05, 0) is 55.9 Å². The van der Waals surface area contributed by atoms with Crippen LogP contribution < -0.4 is 14.8 Å². The quantitative estimate of drug-likeness (QED) is 0.239. The number of alkyl halides is 2. The number of rotatable bonds is 9. The molecular formula is C32H32F2N8O3. The average molecular weight is 615 g/mol. The Morgan fingerprint density at radius 3 is 2.58 bits per heavy atom. The van der Waals surface area contributed by atoms with Crippen LogP contribution in [0.15, 0.2) is 73.8 Å². The predicted octanol–water partition coefficient (Wildman–Crippen LogP) is 5.30. The molecule has 1 fully saturated rings. The molecule has 4 heterocycles. The molecule has 0 aliphatic carbocycles. The van der Waals surface area contributed by atoms with Crippen LogP contribution in [-0.2, 0) is 7.05 Å². The lowest BCUT2D eigenvalue weighted by molar-refractivity contribution is -0.0494. The van der Waals surface area contributed by atoms with E-state index in [1.54, 1.807) is 43.8 Å². The molecule has 45 heavy (non-hydrogen) atoms. The number of fused-ring (bicyclic) bond motifs is 1. The van der Waals surface area contributed by atoms with Crippen molar-refractivity contribution in [1.82, 2.24) is 34.2 Å². The summed E-state index contributed by atoms with van der Waals surface area (Å²) in [4.78, 5) is 22.0. The van der Waals surface area contributed by atoms with E-state index in [0.717, 1.165) is 43.0 Å². The van der Waals surface area contributed by atoms with Gasteiger partial charge in [-0.25, -0.2) is 9.50 Å². The Morgan fingerprint density at radius 2 is 1.80 bits per heavy atom. The standard InChI is InChI=1S/C32H32F2N8O3/c1-20-6-7-22(16-24(20)21(2)41-14-12-39(3)13-15-41)44-23-8-9-28(45-32(33)34)25(17-23)29-27(19-40(4)38-29)37-31(43)26-18-36-42-11-5-10-35-30(26)42/h5-11,16-19,32H,2,12-15H2,1,3-4H3,(H,37,43). The van der Waals surface area contributed by atoms with E-state index < -0.39 is 12.5 Å². The Labute approximate surface area is 258 Å². The van der Waals surface area contributed by atoms with Crippen molar-refractivity contribution in [1.29, 1.82) is 0 Å². The van der Waals surface area contributed by atoms with Gasteiger partial charge < -0.3 is 24.6 Å². The number of hydrogen-bond donors (Lipinski definition) is 1. The number of nitrogens with one attached hydrogen (secondary N) is 1. The number of aromatic nitrogens is 5. The largest absolute Gasteiger partial charge is 0.457 e. The maximum atomic E-state index is 13.5. The molecule has 0 spiro atoms. The minimum Gasteiger partial charge on any atom is -0.457 e. The summed E-state index contributed by atoms with van der Waals surface area (Å²) in [5, 5.41) is 11.4. The second-order valence-electron chi connectivity index (χ2n) is 10.8. The summed E-state index contributed by atoms with van der Waals surface area (Å²) < 4.78 is 41.0. The first-order chi connectivity index (χ1) is 21.7. The van der Waals surface area contributed by atoms with Gasteiger partial charge in [-0.3, -0.25) is 9.48 Å². The molecule has 13 heteroatoms. The van der Waals surface area contributed by atoms with Crippen LogP contribution in [0.1, 0.15) is 21.5 Å². The first kappa shape index (κ1) is 29.8. The number of aryl methyl sites for hydroxylation is 2. The molecule has 0 bridgehead atoms. The molecule has 0 atom stereocenters. The zero-order chi connectivity index (χ0) is 31.7. The summed E-state index contributed by atoms with van der Waals surface area (Å²) >= 11 is 0. The van der Waals surface area contributed by atoms with Crippen molar-refractivity contribution in [3.63, 3.8) is 0 Å². The number of carbonyl (C=O) groups excluding carboxylic acids is 1. The van der Waals surface area contributed by atoms with Crippen LogP contribution in [0, 0.1) is 6.92 Å². The van der Waals surface area contributed by atoms with E-state index in [4.69, 9.17) is 9.47 Å². The van der Waals surface area contributed by atoms with E-state index in [2.05, 4.69) is 43.9 Å². The number of ether oxygens (including phenoxy) is 2. The minimum atomic E-state index is -3.08. The smallest absolute Gasteiger partial charge is 0.387 e. The van der Waals surface area contributed by atoms with Gasteiger partial charge in [-0.1, -0.05) is 12.6 Å². The number of anilines is 1. The topological polar surface area (TPSA) is 102 Å². The third-order valence-corrected chi connectivity index (χ3v) is 7.66. The molecule has 1 amide bonds. The normalized spacial score (nSPS) is 13.8. The summed E-state index contributed by atoms with van der Waals surface area (Å²) in [6.45, 7) is 6.97. The van der Waals surface area contributed by atoms with E-state index >= 15 is 0 Å². The zero-order valence-corrected chi connectivity index (χ0v) is 25.1. The van der Waals surface area contributed by atoms with Crippen LogP contribution in [0.3, 0.4) is 0 Å². The Balaban J connectivity index is 1.30. The second-order valence-corrected chi connectivity index (χ2v) is 10.8. The molecule has 11 nitrogen and oxygen atoms in total. The minimum absolute atomic E-state index is 0.128. The van der Waals surface area contributed by atoms with Gasteiger partial charge in [0.25, 0.3) is 5.91 Å². The predicted molar refractivity (Wildman–Crippen MR) is 166 cm³/mol. The van der Waals surface area contributed by atoms with Crippen LogP contribution in [-0.4, -0.2) is 79.9 Å². The van der Waals surface area contributed by atoms with Gasteiger partial charge in [-0.15, -0.1) is 0 Å². The third-order valence-electron chi connectivity index (χ3n) is 7.66. The van der Waals surface area contributed by atoms with E-state index in [-0.39, 0.29) is 28.3 Å². The van der Waals surface area contributed by atoms with Gasteiger partial charge in [0.05, 0.1) is 17.4 Å². The highest BCUT2D eigenvalue weighted by Gasteiger charge is 2.23. The van der Waals surface area contributed by atoms with Gasteiger partial charge >= 0.3 is 6.61 Å². The number of piperazine rings is 1. The van der Waals surface area contributed by atoms with Crippen molar-refractivity contribution >= 4 is 22.9 Å². The van der Waals surface area contributed by atoms with E-state index in [9.17, 15) is 13.6 Å². The fourth-order valence-electron chi connectivity index (χ4n) is 5.27. The molecule has 1 aliphatic rings. The Morgan fingerprint density at radius 1 is 1.04 bits per heavy atom. The van der Waals surface area contributed by atoms with Crippen molar-refractivity contribution in [2.45, 2.75) is 13.5 Å². The zero-order valence-electron chi connectivity index (χ0n) is 25.1. The molecule has 5 aromatic rings. The monoisotopic (exact) mass is 614 g/mol. The van der Waals surface area contributed by atoms with Crippen molar-refractivity contribution in [2.75, 3.05) is 38.5 Å². The van der Waals surface area contributed by atoms with Crippen molar-refractivity contribution in [2.24, 2.45) is 7.05 Å². The summed E-state index contributed by atoms with van der Waals surface area (Å²) in [6.07, 6.45) is 6.21. The van der Waals surface area contributed by atoms with Gasteiger partial charge in [0.1, 0.15) is 28.5 Å². The Kier molecular flexibility index (Phi) is 8.18. The summed E-state index contributed by atoms with van der Waals surface area (Å²) in [5.41, 5.74) is 4.23. The first-order valence-corrected chi connectivity index (χ1v) is 14.3. The summed E-state index contributed by atoms with van der Waals surface area (Å²) in [6, 6.07) is 11.9. The maximum absolute atomic E-state index is 13.5. The van der Waals surface area contributed by atoms with Gasteiger partial charge in [0, 0.05) is 63.1 Å². The molecule has 1 N–H and O–H groups in total. The van der Waals surface area contributed by atoms with Gasteiger partial charge in [-0.2, -0.15) is 19.0 Å². The van der Waals surface area contributed by atoms with Gasteiger partial charge in [0.2, 0.25) is 0 Å². The van der Waals surface area contributed by atoms with E-state index in [0.29, 0.717) is 17.1 Å². The highest BCUT2D eigenvalue weighted by atomic mass is 19.3. The number of likely N-dealkylation sites (N-methyl/N-ethyl adjacent to an activating group) is 1. The van der Waals surface area contributed by atoms with Crippen LogP contribution in [0.5, 0.6) is 17.2 Å². The molecule has 1 saturated heterocycles. The molecule has 1 aliphatic heterocycles. The number of carbonyl (C=O) groups is 1. The van der Waals surface area contributed by atoms with E-state index in [1.165, 1.54) is 21.5 Å². The molecule has 6 rings (SSSR count). The highest BCUT2D eigenvalue weighted by Crippen LogP contribution is 2.39. The molecule has 0 saturated carbocycles. The summed E-state index contributed by atoms with van der Waals surface area (Å²) in [7, 11) is 3.76. The molecule has 3 aromatic heterocycles. The van der Waals surface area contributed by atoms with Crippen LogP contribution in [0.2, 0.25) is 0 Å².